The molecule has 0 atom stereocenters. The van der Waals surface area contributed by atoms with E-state index in [-0.39, 0.29) is 12.2 Å². The maximum absolute atomic E-state index is 11.7. The summed E-state index contributed by atoms with van der Waals surface area (Å²) in [6.07, 6.45) is 0. The van der Waals surface area contributed by atoms with Crippen LogP contribution in [0.25, 0.3) is 11.4 Å². The molecule has 0 aliphatic carbocycles. The molecule has 0 saturated heterocycles. The van der Waals surface area contributed by atoms with Crippen LogP contribution in [0.3, 0.4) is 0 Å². The lowest BCUT2D eigenvalue weighted by Crippen LogP contribution is -2.11. The van der Waals surface area contributed by atoms with Gasteiger partial charge in [0.15, 0.2) is 11.5 Å². The van der Waals surface area contributed by atoms with Gasteiger partial charge in [-0.25, -0.2) is 4.98 Å². The minimum Gasteiger partial charge on any atom is -0.493 e. The van der Waals surface area contributed by atoms with Crippen molar-refractivity contribution in [3.05, 3.63) is 39.3 Å². The average molecular weight is 311 g/mol. The molecule has 112 valence electrons. The van der Waals surface area contributed by atoms with Crippen LogP contribution in [0.15, 0.2) is 23.0 Å². The van der Waals surface area contributed by atoms with Gasteiger partial charge in [0.05, 0.1) is 31.5 Å². The Morgan fingerprint density at radius 3 is 2.57 bits per heavy atom. The molecule has 6 nitrogen and oxygen atoms in total. The summed E-state index contributed by atoms with van der Waals surface area (Å²) in [7, 11) is 4.55. The molecule has 0 fully saturated rings. The van der Waals surface area contributed by atoms with Crippen LogP contribution in [0.4, 0.5) is 0 Å². The monoisotopic (exact) mass is 310 g/mol. The summed E-state index contributed by atoms with van der Waals surface area (Å²) in [5.74, 6) is 1.27. The molecular formula is C14H15ClN2O4. The zero-order valence-corrected chi connectivity index (χ0v) is 12.7. The molecule has 0 spiro atoms. The SMILES string of the molecule is COCc1cc(=O)[nH]c(-c2cc(Cl)c(OC)c(OC)c2)n1. The van der Waals surface area contributed by atoms with Crippen LogP contribution in [0.2, 0.25) is 5.02 Å². The van der Waals surface area contributed by atoms with Crippen LogP contribution in [-0.2, 0) is 11.3 Å². The third kappa shape index (κ3) is 3.34. The van der Waals surface area contributed by atoms with Crippen molar-refractivity contribution in [1.29, 1.82) is 0 Å². The van der Waals surface area contributed by atoms with Gasteiger partial charge in [0.2, 0.25) is 0 Å². The van der Waals surface area contributed by atoms with Crippen LogP contribution in [0.5, 0.6) is 11.5 Å². The Bertz CT molecular complexity index is 700. The first kappa shape index (κ1) is 15.3. The maximum Gasteiger partial charge on any atom is 0.251 e. The highest BCUT2D eigenvalue weighted by Crippen LogP contribution is 2.38. The zero-order valence-electron chi connectivity index (χ0n) is 11.9. The van der Waals surface area contributed by atoms with Gasteiger partial charge in [-0.1, -0.05) is 11.6 Å². The highest BCUT2D eigenvalue weighted by Gasteiger charge is 2.13. The summed E-state index contributed by atoms with van der Waals surface area (Å²) in [5.41, 5.74) is 0.882. The average Bonchev–Trinajstić information content (AvgIpc) is 2.46. The van der Waals surface area contributed by atoms with E-state index in [1.807, 2.05) is 0 Å². The van der Waals surface area contributed by atoms with Gasteiger partial charge in [-0.05, 0) is 12.1 Å². The molecule has 0 amide bonds. The molecule has 1 heterocycles. The molecule has 2 rings (SSSR count). The second-order valence-electron chi connectivity index (χ2n) is 4.21. The predicted molar refractivity (Wildman–Crippen MR) is 79.1 cm³/mol. The minimum atomic E-state index is -0.266. The third-order valence-electron chi connectivity index (χ3n) is 2.79. The van der Waals surface area contributed by atoms with Crippen LogP contribution in [0.1, 0.15) is 5.69 Å². The molecular weight excluding hydrogens is 296 g/mol. The normalized spacial score (nSPS) is 10.5. The number of hydrogen-bond donors (Lipinski definition) is 1. The second-order valence-corrected chi connectivity index (χ2v) is 4.62. The fourth-order valence-corrected chi connectivity index (χ4v) is 2.21. The number of nitrogens with zero attached hydrogens (tertiary/aromatic N) is 1. The molecule has 2 aromatic rings. The molecule has 0 saturated carbocycles. The quantitative estimate of drug-likeness (QED) is 0.917. The fourth-order valence-electron chi connectivity index (χ4n) is 1.92. The van der Waals surface area contributed by atoms with Crippen molar-refractivity contribution in [2.45, 2.75) is 6.61 Å². The molecule has 0 unspecified atom stereocenters. The largest absolute Gasteiger partial charge is 0.493 e. The summed E-state index contributed by atoms with van der Waals surface area (Å²) < 4.78 is 15.4. The number of aromatic amines is 1. The van der Waals surface area contributed by atoms with Gasteiger partial charge >= 0.3 is 0 Å². The number of halogens is 1. The smallest absolute Gasteiger partial charge is 0.251 e. The van der Waals surface area contributed by atoms with Gasteiger partial charge in [-0.3, -0.25) is 4.79 Å². The Hall–Kier alpha value is -2.05. The molecule has 21 heavy (non-hydrogen) atoms. The standard InChI is InChI=1S/C14H15ClN2O4/c1-19-7-9-6-12(18)17-14(16-9)8-4-10(15)13(21-3)11(5-8)20-2/h4-6H,7H2,1-3H3,(H,16,17,18). The van der Waals surface area contributed by atoms with E-state index in [0.29, 0.717) is 33.6 Å². The number of nitrogens with one attached hydrogen (secondary N) is 1. The number of aromatic nitrogens is 2. The van der Waals surface area contributed by atoms with E-state index in [0.717, 1.165) is 0 Å². The number of methoxy groups -OCH3 is 3. The molecule has 7 heteroatoms. The first-order chi connectivity index (χ1) is 10.1. The molecule has 1 aromatic carbocycles. The topological polar surface area (TPSA) is 73.4 Å². The van der Waals surface area contributed by atoms with Crippen molar-refractivity contribution in [2.24, 2.45) is 0 Å². The lowest BCUT2D eigenvalue weighted by atomic mass is 10.2. The first-order valence-corrected chi connectivity index (χ1v) is 6.48. The molecule has 1 aromatic heterocycles. The van der Waals surface area contributed by atoms with E-state index in [1.165, 1.54) is 27.4 Å². The van der Waals surface area contributed by atoms with Gasteiger partial charge < -0.3 is 19.2 Å². The van der Waals surface area contributed by atoms with Crippen LogP contribution in [-0.4, -0.2) is 31.3 Å². The van der Waals surface area contributed by atoms with Crippen molar-refractivity contribution in [3.63, 3.8) is 0 Å². The molecule has 0 aliphatic rings. The van der Waals surface area contributed by atoms with E-state index in [4.69, 9.17) is 25.8 Å². The fraction of sp³-hybridized carbons (Fsp3) is 0.286. The maximum atomic E-state index is 11.7. The highest BCUT2D eigenvalue weighted by atomic mass is 35.5. The van der Waals surface area contributed by atoms with Crippen molar-refractivity contribution in [1.82, 2.24) is 9.97 Å². The highest BCUT2D eigenvalue weighted by molar-refractivity contribution is 6.32. The Morgan fingerprint density at radius 2 is 1.95 bits per heavy atom. The number of H-pyrrole nitrogens is 1. The summed E-state index contributed by atoms with van der Waals surface area (Å²) in [4.78, 5) is 18.7. The van der Waals surface area contributed by atoms with Crippen molar-refractivity contribution >= 4 is 11.6 Å². The Morgan fingerprint density at radius 1 is 1.19 bits per heavy atom. The van der Waals surface area contributed by atoms with E-state index in [1.54, 1.807) is 12.1 Å². The Labute approximate surface area is 126 Å². The predicted octanol–water partition coefficient (Wildman–Crippen LogP) is 2.25. The van der Waals surface area contributed by atoms with Gasteiger partial charge in [-0.2, -0.15) is 0 Å². The van der Waals surface area contributed by atoms with Crippen LogP contribution >= 0.6 is 11.6 Å². The molecule has 1 N–H and O–H groups in total. The van der Waals surface area contributed by atoms with Crippen molar-refractivity contribution in [3.8, 4) is 22.9 Å². The van der Waals surface area contributed by atoms with E-state index < -0.39 is 0 Å². The third-order valence-corrected chi connectivity index (χ3v) is 3.07. The zero-order chi connectivity index (χ0) is 15.4. The van der Waals surface area contributed by atoms with Gasteiger partial charge in [0.25, 0.3) is 5.56 Å². The van der Waals surface area contributed by atoms with Crippen molar-refractivity contribution < 1.29 is 14.2 Å². The number of rotatable bonds is 5. The summed E-state index contributed by atoms with van der Waals surface area (Å²) >= 11 is 6.15. The first-order valence-electron chi connectivity index (χ1n) is 6.10. The number of benzene rings is 1. The molecule has 0 aliphatic heterocycles. The van der Waals surface area contributed by atoms with E-state index >= 15 is 0 Å². The summed E-state index contributed by atoms with van der Waals surface area (Å²) in [5, 5.41) is 0.367. The van der Waals surface area contributed by atoms with Crippen LogP contribution in [0, 0.1) is 0 Å². The van der Waals surface area contributed by atoms with Gasteiger partial charge in [0, 0.05) is 18.7 Å². The van der Waals surface area contributed by atoms with E-state index in [2.05, 4.69) is 9.97 Å². The van der Waals surface area contributed by atoms with E-state index in [9.17, 15) is 4.79 Å². The minimum absolute atomic E-state index is 0.248. The Balaban J connectivity index is 2.56. The summed E-state index contributed by atoms with van der Waals surface area (Å²) in [6, 6.07) is 4.73. The summed E-state index contributed by atoms with van der Waals surface area (Å²) in [6.45, 7) is 0.248. The van der Waals surface area contributed by atoms with Crippen molar-refractivity contribution in [2.75, 3.05) is 21.3 Å². The number of hydrogen-bond acceptors (Lipinski definition) is 5. The van der Waals surface area contributed by atoms with Gasteiger partial charge in [0.1, 0.15) is 5.82 Å². The molecule has 0 radical (unpaired) electrons. The Kier molecular flexibility index (Phi) is 4.82. The second kappa shape index (κ2) is 6.60. The van der Waals surface area contributed by atoms with Crippen LogP contribution < -0.4 is 15.0 Å². The van der Waals surface area contributed by atoms with Gasteiger partial charge in [-0.15, -0.1) is 0 Å². The lowest BCUT2D eigenvalue weighted by molar-refractivity contribution is 0.181. The molecule has 0 bridgehead atoms. The lowest BCUT2D eigenvalue weighted by Gasteiger charge is -2.11. The number of ether oxygens (including phenoxy) is 3.